The van der Waals surface area contributed by atoms with Crippen LogP contribution >= 0.6 is 0 Å². The molecule has 1 amide bonds. The fourth-order valence-corrected chi connectivity index (χ4v) is 5.50. The smallest absolute Gasteiger partial charge is 0.336 e. The molecule has 0 aliphatic rings. The Kier molecular flexibility index (Phi) is 11.3. The quantitative estimate of drug-likeness (QED) is 0.102. The highest BCUT2D eigenvalue weighted by atomic mass is 19.1. The Morgan fingerprint density at radius 2 is 1.46 bits per heavy atom. The lowest BCUT2D eigenvalue weighted by atomic mass is 9.94. The second-order valence-corrected chi connectivity index (χ2v) is 11.4. The Hall–Kier alpha value is -5.59. The number of carbonyl (C=O) groups excluding carboxylic acids is 1. The lowest BCUT2D eigenvalue weighted by Crippen LogP contribution is -2.27. The predicted molar refractivity (Wildman–Crippen MR) is 175 cm³/mol. The van der Waals surface area contributed by atoms with Crippen LogP contribution in [-0.2, 0) is 11.3 Å². The number of aliphatic hydroxyl groups excluding tert-OH is 2. The van der Waals surface area contributed by atoms with Gasteiger partial charge in [-0.1, -0.05) is 54.6 Å². The van der Waals surface area contributed by atoms with Gasteiger partial charge >= 0.3 is 17.9 Å². The molecule has 250 valence electrons. The Morgan fingerprint density at radius 1 is 0.833 bits per heavy atom. The van der Waals surface area contributed by atoms with E-state index in [4.69, 9.17) is 5.11 Å². The van der Waals surface area contributed by atoms with Gasteiger partial charge in [0.05, 0.1) is 29.8 Å². The fourth-order valence-electron chi connectivity index (χ4n) is 5.50. The molecule has 0 saturated carbocycles. The minimum Gasteiger partial charge on any atom is -0.481 e. The molecule has 6 N–H and O–H groups in total. The Balaban J connectivity index is 1.89. The number of amides is 1. The van der Waals surface area contributed by atoms with E-state index in [1.807, 2.05) is 13.8 Å². The molecule has 0 aliphatic heterocycles. The maximum Gasteiger partial charge on any atom is 0.336 e. The van der Waals surface area contributed by atoms with Gasteiger partial charge in [-0.25, -0.2) is 14.0 Å². The SMILES string of the molecule is CC(C)n1c(C=CC(O)CC(O)CC(=O)O)c(-c2ccc(F)cc2)c(-c2ccccc2)c1C(=O)NCc1ccc(C(=O)O)c(C(=O)O)c1. The van der Waals surface area contributed by atoms with Crippen molar-refractivity contribution in [2.24, 2.45) is 0 Å². The first-order chi connectivity index (χ1) is 22.8. The van der Waals surface area contributed by atoms with Gasteiger partial charge in [-0.05, 0) is 60.9 Å². The van der Waals surface area contributed by atoms with E-state index in [1.54, 1.807) is 53.1 Å². The monoisotopic (exact) mass is 658 g/mol. The molecule has 12 heteroatoms. The third-order valence-corrected chi connectivity index (χ3v) is 7.57. The number of aromatic nitrogens is 1. The van der Waals surface area contributed by atoms with Gasteiger partial charge in [-0.15, -0.1) is 0 Å². The number of aliphatic hydroxyl groups is 2. The normalized spacial score (nSPS) is 12.6. The van der Waals surface area contributed by atoms with Crippen LogP contribution < -0.4 is 5.32 Å². The van der Waals surface area contributed by atoms with Crippen LogP contribution in [0, 0.1) is 5.82 Å². The number of carbonyl (C=O) groups is 4. The highest BCUT2D eigenvalue weighted by molar-refractivity contribution is 6.06. The first-order valence-corrected chi connectivity index (χ1v) is 15.0. The van der Waals surface area contributed by atoms with Crippen molar-refractivity contribution >= 4 is 29.9 Å². The van der Waals surface area contributed by atoms with Gasteiger partial charge in [-0.3, -0.25) is 9.59 Å². The molecule has 0 fully saturated rings. The molecule has 3 aromatic carbocycles. The van der Waals surface area contributed by atoms with E-state index < -0.39 is 59.4 Å². The number of hydrogen-bond donors (Lipinski definition) is 6. The summed E-state index contributed by atoms with van der Waals surface area (Å²) in [5, 5.41) is 51.5. The molecular formula is C36H35FN2O9. The van der Waals surface area contributed by atoms with Crippen molar-refractivity contribution < 1.29 is 49.1 Å². The Labute approximate surface area is 275 Å². The molecule has 4 rings (SSSR count). The van der Waals surface area contributed by atoms with E-state index in [0.717, 1.165) is 6.07 Å². The summed E-state index contributed by atoms with van der Waals surface area (Å²) < 4.78 is 15.8. The minimum absolute atomic E-state index is 0.145. The van der Waals surface area contributed by atoms with Gasteiger partial charge in [0.25, 0.3) is 5.91 Å². The van der Waals surface area contributed by atoms with Crippen molar-refractivity contribution in [2.45, 2.75) is 51.5 Å². The van der Waals surface area contributed by atoms with Gasteiger partial charge < -0.3 is 35.4 Å². The first-order valence-electron chi connectivity index (χ1n) is 15.0. The van der Waals surface area contributed by atoms with Crippen molar-refractivity contribution in [3.05, 3.63) is 113 Å². The van der Waals surface area contributed by atoms with Crippen LogP contribution in [0.5, 0.6) is 0 Å². The second kappa shape index (κ2) is 15.3. The summed E-state index contributed by atoms with van der Waals surface area (Å²) in [7, 11) is 0. The first kappa shape index (κ1) is 35.3. The van der Waals surface area contributed by atoms with E-state index in [1.165, 1.54) is 30.3 Å². The molecular weight excluding hydrogens is 623 g/mol. The zero-order valence-corrected chi connectivity index (χ0v) is 26.1. The van der Waals surface area contributed by atoms with Crippen LogP contribution in [0.2, 0.25) is 0 Å². The minimum atomic E-state index is -1.43. The highest BCUT2D eigenvalue weighted by Crippen LogP contribution is 2.42. The van der Waals surface area contributed by atoms with Crippen LogP contribution in [0.25, 0.3) is 28.3 Å². The summed E-state index contributed by atoms with van der Waals surface area (Å²) in [6.07, 6.45) is -0.392. The van der Waals surface area contributed by atoms with Crippen molar-refractivity contribution in [2.75, 3.05) is 0 Å². The molecule has 0 bridgehead atoms. The topological polar surface area (TPSA) is 186 Å². The maximum atomic E-state index is 14.2. The van der Waals surface area contributed by atoms with Crippen molar-refractivity contribution in [3.8, 4) is 22.3 Å². The highest BCUT2D eigenvalue weighted by Gasteiger charge is 2.29. The van der Waals surface area contributed by atoms with Crippen LogP contribution in [0.1, 0.15) is 75.2 Å². The number of halogens is 1. The molecule has 48 heavy (non-hydrogen) atoms. The molecule has 2 atom stereocenters. The number of rotatable bonds is 14. The van der Waals surface area contributed by atoms with Gasteiger partial charge in [0.1, 0.15) is 11.5 Å². The second-order valence-electron chi connectivity index (χ2n) is 11.4. The lowest BCUT2D eigenvalue weighted by molar-refractivity contribution is -0.139. The zero-order chi connectivity index (χ0) is 35.1. The Bertz CT molecular complexity index is 1850. The summed E-state index contributed by atoms with van der Waals surface area (Å²) in [6.45, 7) is 3.54. The van der Waals surface area contributed by atoms with Crippen molar-refractivity contribution in [1.82, 2.24) is 9.88 Å². The molecule has 0 spiro atoms. The number of carboxylic acids is 3. The average Bonchev–Trinajstić information content (AvgIpc) is 3.38. The summed E-state index contributed by atoms with van der Waals surface area (Å²) in [5.41, 5.74) is 2.42. The van der Waals surface area contributed by atoms with E-state index in [9.17, 15) is 44.0 Å². The summed E-state index contributed by atoms with van der Waals surface area (Å²) in [5.74, 6) is -5.08. The maximum absolute atomic E-state index is 14.2. The summed E-state index contributed by atoms with van der Waals surface area (Å²) in [4.78, 5) is 48.5. The van der Waals surface area contributed by atoms with Gasteiger partial charge in [0.15, 0.2) is 0 Å². The molecule has 1 heterocycles. The van der Waals surface area contributed by atoms with Gasteiger partial charge in [0.2, 0.25) is 0 Å². The van der Waals surface area contributed by atoms with E-state index in [-0.39, 0.29) is 24.7 Å². The van der Waals surface area contributed by atoms with E-state index in [2.05, 4.69) is 5.32 Å². The van der Waals surface area contributed by atoms with Crippen LogP contribution in [0.3, 0.4) is 0 Å². The number of hydrogen-bond acceptors (Lipinski definition) is 6. The third-order valence-electron chi connectivity index (χ3n) is 7.57. The average molecular weight is 659 g/mol. The molecule has 1 aromatic heterocycles. The molecule has 2 unspecified atom stereocenters. The van der Waals surface area contributed by atoms with Crippen LogP contribution in [-0.4, -0.2) is 66.1 Å². The van der Waals surface area contributed by atoms with Crippen LogP contribution in [0.4, 0.5) is 4.39 Å². The molecule has 4 aromatic rings. The number of nitrogens with zero attached hydrogens (tertiary/aromatic N) is 1. The number of aromatic carboxylic acids is 2. The van der Waals surface area contributed by atoms with Gasteiger partial charge in [-0.2, -0.15) is 0 Å². The lowest BCUT2D eigenvalue weighted by Gasteiger charge is -2.17. The molecule has 11 nitrogen and oxygen atoms in total. The fraction of sp³-hybridized carbons (Fsp3) is 0.222. The summed E-state index contributed by atoms with van der Waals surface area (Å²) in [6, 6.07) is 18.1. The van der Waals surface area contributed by atoms with E-state index >= 15 is 0 Å². The number of nitrogens with one attached hydrogen (secondary N) is 1. The van der Waals surface area contributed by atoms with Crippen LogP contribution in [0.15, 0.2) is 78.9 Å². The predicted octanol–water partition coefficient (Wildman–Crippen LogP) is 5.47. The number of aliphatic carboxylic acids is 1. The standard InChI is InChI=1S/C36H35FN2O9/c1-20(2)39-29(15-13-25(40)17-26(41)18-30(42)43)31(23-9-11-24(37)12-10-23)32(22-6-4-3-5-7-22)33(39)34(44)38-19-21-8-14-27(35(45)46)28(16-21)36(47)48/h3-16,20,25-26,40-41H,17-19H2,1-2H3,(H,38,44)(H,42,43)(H,45,46)(H,47,48). The third kappa shape index (κ3) is 8.21. The van der Waals surface area contributed by atoms with Crippen molar-refractivity contribution in [3.63, 3.8) is 0 Å². The van der Waals surface area contributed by atoms with Gasteiger partial charge in [0, 0.05) is 35.8 Å². The molecule has 0 saturated heterocycles. The van der Waals surface area contributed by atoms with Crippen molar-refractivity contribution in [1.29, 1.82) is 0 Å². The number of carboxylic acid groups (broad SMARTS) is 3. The molecule has 0 aliphatic carbocycles. The van der Waals surface area contributed by atoms with E-state index in [0.29, 0.717) is 33.5 Å². The zero-order valence-electron chi connectivity index (χ0n) is 26.1. The molecule has 0 radical (unpaired) electrons. The summed E-state index contributed by atoms with van der Waals surface area (Å²) >= 11 is 0. The largest absolute Gasteiger partial charge is 0.481 e. The number of benzene rings is 3. The Morgan fingerprint density at radius 3 is 2.04 bits per heavy atom.